The zero-order valence-corrected chi connectivity index (χ0v) is 8.64. The highest BCUT2D eigenvalue weighted by atomic mass is 19.1. The summed E-state index contributed by atoms with van der Waals surface area (Å²) in [5.41, 5.74) is 0.426. The van der Waals surface area contributed by atoms with Crippen molar-refractivity contribution in [1.29, 1.82) is 5.26 Å². The lowest BCUT2D eigenvalue weighted by atomic mass is 9.96. The zero-order valence-electron chi connectivity index (χ0n) is 8.64. The van der Waals surface area contributed by atoms with Crippen LogP contribution in [0.25, 0.3) is 0 Å². The first-order valence-corrected chi connectivity index (χ1v) is 4.84. The molecule has 1 heterocycles. The van der Waals surface area contributed by atoms with Crippen molar-refractivity contribution in [3.63, 3.8) is 0 Å². The lowest BCUT2D eigenvalue weighted by molar-refractivity contribution is 0.570. The average Bonchev–Trinajstić information content (AvgIpc) is 2.34. The van der Waals surface area contributed by atoms with E-state index in [1.54, 1.807) is 12.1 Å². The number of aromatic nitrogens is 2. The molecule has 1 aromatic carbocycles. The maximum absolute atomic E-state index is 13.5. The van der Waals surface area contributed by atoms with Gasteiger partial charge < -0.3 is 0 Å². The molecular weight excluding hydrogens is 224 g/mol. The van der Waals surface area contributed by atoms with E-state index < -0.39 is 17.6 Å². The van der Waals surface area contributed by atoms with Gasteiger partial charge in [0.15, 0.2) is 0 Å². The normalized spacial score (nSPS) is 11.8. The summed E-state index contributed by atoms with van der Waals surface area (Å²) in [7, 11) is 0. The Morgan fingerprint density at radius 3 is 2.65 bits per heavy atom. The van der Waals surface area contributed by atoms with Crippen LogP contribution in [0.5, 0.6) is 0 Å². The molecule has 0 N–H and O–H groups in total. The van der Waals surface area contributed by atoms with E-state index in [0.29, 0.717) is 5.69 Å². The van der Waals surface area contributed by atoms with Gasteiger partial charge in [0.2, 0.25) is 0 Å². The minimum atomic E-state index is -0.885. The summed E-state index contributed by atoms with van der Waals surface area (Å²) in [4.78, 5) is 0. The summed E-state index contributed by atoms with van der Waals surface area (Å²) >= 11 is 0. The number of nitriles is 1. The molecule has 0 saturated carbocycles. The minimum absolute atomic E-state index is 0.0920. The van der Waals surface area contributed by atoms with E-state index in [4.69, 9.17) is 5.26 Å². The third-order valence-corrected chi connectivity index (χ3v) is 2.29. The lowest BCUT2D eigenvalue weighted by Gasteiger charge is -2.08. The highest BCUT2D eigenvalue weighted by Gasteiger charge is 2.19. The topological polar surface area (TPSA) is 49.6 Å². The maximum Gasteiger partial charge on any atom is 0.131 e. The number of benzene rings is 1. The summed E-state index contributed by atoms with van der Waals surface area (Å²) in [6, 6.07) is 8.21. The van der Waals surface area contributed by atoms with Gasteiger partial charge in [0.05, 0.1) is 11.8 Å². The molecule has 0 saturated heterocycles. The van der Waals surface area contributed by atoms with E-state index in [2.05, 4.69) is 10.2 Å². The third-order valence-electron chi connectivity index (χ3n) is 2.29. The van der Waals surface area contributed by atoms with Gasteiger partial charge in [0, 0.05) is 17.8 Å². The van der Waals surface area contributed by atoms with Crippen LogP contribution in [0, 0.1) is 23.0 Å². The molecule has 0 spiro atoms. The molecule has 84 valence electrons. The minimum Gasteiger partial charge on any atom is -0.207 e. The predicted molar refractivity (Wildman–Crippen MR) is 55.8 cm³/mol. The van der Waals surface area contributed by atoms with Gasteiger partial charge in [-0.1, -0.05) is 6.07 Å². The molecule has 0 aliphatic rings. The number of halogens is 2. The van der Waals surface area contributed by atoms with Crippen LogP contribution >= 0.6 is 0 Å². The summed E-state index contributed by atoms with van der Waals surface area (Å²) in [6.07, 6.45) is 1.46. The quantitative estimate of drug-likeness (QED) is 0.797. The van der Waals surface area contributed by atoms with Gasteiger partial charge in [-0.15, -0.1) is 0 Å². The molecule has 1 aromatic heterocycles. The molecule has 0 fully saturated rings. The molecule has 2 aromatic rings. The Hall–Kier alpha value is -2.35. The van der Waals surface area contributed by atoms with E-state index in [-0.39, 0.29) is 5.56 Å². The first-order chi connectivity index (χ1) is 8.22. The first-order valence-electron chi connectivity index (χ1n) is 4.84. The number of rotatable bonds is 2. The van der Waals surface area contributed by atoms with Crippen LogP contribution in [0.4, 0.5) is 8.78 Å². The van der Waals surface area contributed by atoms with Crippen LogP contribution in [0.1, 0.15) is 17.2 Å². The van der Waals surface area contributed by atoms with Gasteiger partial charge in [-0.2, -0.15) is 15.5 Å². The smallest absolute Gasteiger partial charge is 0.131 e. The van der Waals surface area contributed by atoms with Gasteiger partial charge in [-0.25, -0.2) is 8.78 Å². The van der Waals surface area contributed by atoms with Crippen molar-refractivity contribution in [3.8, 4) is 6.07 Å². The van der Waals surface area contributed by atoms with Gasteiger partial charge >= 0.3 is 0 Å². The van der Waals surface area contributed by atoms with Crippen LogP contribution in [-0.2, 0) is 0 Å². The van der Waals surface area contributed by atoms with Crippen molar-refractivity contribution < 1.29 is 8.78 Å². The summed E-state index contributed by atoms with van der Waals surface area (Å²) < 4.78 is 26.3. The average molecular weight is 231 g/mol. The standard InChI is InChI=1S/C12H7F2N3/c13-8-3-4-9(11(14)6-8)10(7-15)12-2-1-5-16-17-12/h1-6,10H. The van der Waals surface area contributed by atoms with Crippen molar-refractivity contribution in [2.75, 3.05) is 0 Å². The fourth-order valence-electron chi connectivity index (χ4n) is 1.50. The summed E-state index contributed by atoms with van der Waals surface area (Å²) in [5, 5.41) is 16.4. The monoisotopic (exact) mass is 231 g/mol. The highest BCUT2D eigenvalue weighted by Crippen LogP contribution is 2.24. The largest absolute Gasteiger partial charge is 0.207 e. The number of nitrogens with zero attached hydrogens (tertiary/aromatic N) is 3. The van der Waals surface area contributed by atoms with E-state index in [0.717, 1.165) is 12.1 Å². The molecule has 17 heavy (non-hydrogen) atoms. The van der Waals surface area contributed by atoms with Gasteiger partial charge in [0.25, 0.3) is 0 Å². The van der Waals surface area contributed by atoms with Crippen LogP contribution in [0.15, 0.2) is 36.5 Å². The predicted octanol–water partition coefficient (Wildman–Crippen LogP) is 2.41. The van der Waals surface area contributed by atoms with Crippen molar-refractivity contribution >= 4 is 0 Å². The molecule has 1 unspecified atom stereocenters. The summed E-state index contributed by atoms with van der Waals surface area (Å²) in [5.74, 6) is -2.33. The molecular formula is C12H7F2N3. The van der Waals surface area contributed by atoms with Gasteiger partial charge in [-0.05, 0) is 18.2 Å². The van der Waals surface area contributed by atoms with Crippen molar-refractivity contribution in [3.05, 3.63) is 59.4 Å². The molecule has 3 nitrogen and oxygen atoms in total. The Morgan fingerprint density at radius 1 is 1.24 bits per heavy atom. The molecule has 5 heteroatoms. The molecule has 0 radical (unpaired) electrons. The Labute approximate surface area is 96.3 Å². The van der Waals surface area contributed by atoms with Gasteiger partial charge in [0.1, 0.15) is 17.6 Å². The lowest BCUT2D eigenvalue weighted by Crippen LogP contribution is -2.04. The Bertz CT molecular complexity index is 564. The fraction of sp³-hybridized carbons (Fsp3) is 0.0833. The first kappa shape index (κ1) is 11.1. The molecule has 0 amide bonds. The van der Waals surface area contributed by atoms with Crippen LogP contribution in [0.3, 0.4) is 0 Å². The molecule has 0 aliphatic heterocycles. The number of hydrogen-bond donors (Lipinski definition) is 0. The molecule has 0 bridgehead atoms. The Balaban J connectivity index is 2.47. The summed E-state index contributed by atoms with van der Waals surface area (Å²) in [6.45, 7) is 0. The van der Waals surface area contributed by atoms with E-state index >= 15 is 0 Å². The highest BCUT2D eigenvalue weighted by molar-refractivity contribution is 5.35. The van der Waals surface area contributed by atoms with Crippen LogP contribution < -0.4 is 0 Å². The fourth-order valence-corrected chi connectivity index (χ4v) is 1.50. The second-order valence-electron chi connectivity index (χ2n) is 3.38. The van der Waals surface area contributed by atoms with E-state index in [1.165, 1.54) is 12.3 Å². The van der Waals surface area contributed by atoms with Crippen molar-refractivity contribution in [2.45, 2.75) is 5.92 Å². The Morgan fingerprint density at radius 2 is 2.06 bits per heavy atom. The zero-order chi connectivity index (χ0) is 12.3. The third kappa shape index (κ3) is 2.26. The second kappa shape index (κ2) is 4.66. The van der Waals surface area contributed by atoms with Crippen LogP contribution in [-0.4, -0.2) is 10.2 Å². The maximum atomic E-state index is 13.5. The molecule has 1 atom stereocenters. The molecule has 2 rings (SSSR count). The Kier molecular flexibility index (Phi) is 3.06. The molecule has 0 aliphatic carbocycles. The van der Waals surface area contributed by atoms with Crippen molar-refractivity contribution in [2.24, 2.45) is 0 Å². The van der Waals surface area contributed by atoms with Crippen molar-refractivity contribution in [1.82, 2.24) is 10.2 Å². The van der Waals surface area contributed by atoms with E-state index in [1.807, 2.05) is 6.07 Å². The number of hydrogen-bond acceptors (Lipinski definition) is 3. The van der Waals surface area contributed by atoms with Gasteiger partial charge in [-0.3, -0.25) is 0 Å². The van der Waals surface area contributed by atoms with Crippen LogP contribution in [0.2, 0.25) is 0 Å². The SMILES string of the molecule is N#CC(c1cccnn1)c1ccc(F)cc1F. The second-order valence-corrected chi connectivity index (χ2v) is 3.38. The van der Waals surface area contributed by atoms with E-state index in [9.17, 15) is 8.78 Å².